The van der Waals surface area contributed by atoms with Crippen LogP contribution in [0.2, 0.25) is 5.02 Å². The third-order valence-electron chi connectivity index (χ3n) is 8.70. The van der Waals surface area contributed by atoms with Gasteiger partial charge in [-0.3, -0.25) is 0 Å². The van der Waals surface area contributed by atoms with E-state index >= 15 is 0 Å². The molecule has 13 nitrogen and oxygen atoms in total. The third kappa shape index (κ3) is 10.1. The molecular weight excluding hydrogens is 797 g/mol. The lowest BCUT2D eigenvalue weighted by Gasteiger charge is -2.14. The molecule has 0 radical (unpaired) electrons. The number of phenolic OH excluding ortho intramolecular Hbond substituents is 1. The average Bonchev–Trinajstić information content (AvgIpc) is 3.78. The van der Waals surface area contributed by atoms with Crippen LogP contribution in [-0.4, -0.2) is 57.5 Å². The highest BCUT2D eigenvalue weighted by Gasteiger charge is 2.15. The van der Waals surface area contributed by atoms with Gasteiger partial charge in [0.1, 0.15) is 55.7 Å². The highest BCUT2D eigenvalue weighted by atomic mass is 35.5. The monoisotopic (exact) mass is 833 g/mol. The van der Waals surface area contributed by atoms with Gasteiger partial charge in [0.25, 0.3) is 0 Å². The van der Waals surface area contributed by atoms with E-state index in [9.17, 15) is 9.50 Å². The number of rotatable bonds is 14. The summed E-state index contributed by atoms with van der Waals surface area (Å²) in [6.07, 6.45) is 4.54. The first-order chi connectivity index (χ1) is 28.8. The first-order valence-electron chi connectivity index (χ1n) is 18.0. The van der Waals surface area contributed by atoms with Gasteiger partial charge in [-0.2, -0.15) is 11.3 Å². The van der Waals surface area contributed by atoms with Gasteiger partial charge < -0.3 is 39.4 Å². The molecule has 0 fully saturated rings. The molecule has 16 heteroatoms. The number of nitrogens with one attached hydrogen (secondary N) is 2. The van der Waals surface area contributed by atoms with Crippen molar-refractivity contribution in [3.05, 3.63) is 137 Å². The van der Waals surface area contributed by atoms with Gasteiger partial charge in [0.15, 0.2) is 23.0 Å². The number of methoxy groups -OCH3 is 2. The number of pyridine rings is 1. The number of hydrogen-bond donors (Lipinski definition) is 3. The second-order valence-electron chi connectivity index (χ2n) is 12.6. The Hall–Kier alpha value is -6.97. The van der Waals surface area contributed by atoms with Crippen LogP contribution in [0.5, 0.6) is 34.6 Å². The molecule has 4 heterocycles. The number of phenols is 1. The van der Waals surface area contributed by atoms with Crippen LogP contribution >= 0.6 is 22.9 Å². The van der Waals surface area contributed by atoms with Crippen molar-refractivity contribution in [2.45, 2.75) is 13.5 Å². The summed E-state index contributed by atoms with van der Waals surface area (Å²) in [6.45, 7) is 2.90. The molecular formula is C43H37ClFN7O6S. The van der Waals surface area contributed by atoms with Gasteiger partial charge in [-0.15, -0.1) is 0 Å². The minimum atomic E-state index is -0.487. The highest BCUT2D eigenvalue weighted by molar-refractivity contribution is 7.07. The van der Waals surface area contributed by atoms with Crippen molar-refractivity contribution in [1.29, 1.82) is 0 Å². The summed E-state index contributed by atoms with van der Waals surface area (Å²) in [5.74, 6) is 3.52. The molecule has 0 aliphatic carbocycles. The Balaban J connectivity index is 0.000000180. The Kier molecular flexibility index (Phi) is 12.9. The van der Waals surface area contributed by atoms with Crippen molar-refractivity contribution < 1.29 is 33.2 Å². The molecule has 4 aromatic carbocycles. The van der Waals surface area contributed by atoms with Crippen molar-refractivity contribution in [2.75, 3.05) is 38.1 Å². The number of halogens is 2. The average molecular weight is 834 g/mol. The van der Waals surface area contributed by atoms with Gasteiger partial charge in [0.2, 0.25) is 5.88 Å². The third-order valence-corrected chi connectivity index (χ3v) is 9.67. The zero-order valence-corrected chi connectivity index (χ0v) is 33.6. The first-order valence-corrected chi connectivity index (χ1v) is 19.3. The standard InChI is InChI=1S/C22H18ClFN4O3.C21H19N3O3S/c1-29-19-11-15-18(12-20(19)30-8-9-31-21-4-2-3-7-25-21)26-13-27-22(15)28-17-6-5-14(23)10-16(17)24;1-13-3-4-15(7-18(13)25)24-21-16-8-19(26-2)20(9-17(16)22-12-23-21)27-10-14-5-6-28-11-14/h2-7,10-13H,8-9H2,1H3,(H,26,27,28);3-9,11-12,25H,10H2,1-2H3,(H,22,23,24). The van der Waals surface area contributed by atoms with Crippen LogP contribution in [0.25, 0.3) is 21.8 Å². The quantitative estimate of drug-likeness (QED) is 0.0891. The minimum absolute atomic E-state index is 0.227. The summed E-state index contributed by atoms with van der Waals surface area (Å²) in [7, 11) is 3.14. The first kappa shape index (κ1) is 40.2. The molecule has 8 aromatic rings. The number of aromatic hydroxyl groups is 1. The Labute approximate surface area is 347 Å². The molecule has 300 valence electrons. The Morgan fingerprint density at radius 2 is 1.41 bits per heavy atom. The number of nitrogens with zero attached hydrogens (tertiary/aromatic N) is 5. The van der Waals surface area contributed by atoms with Crippen molar-refractivity contribution in [1.82, 2.24) is 24.9 Å². The molecule has 0 aliphatic rings. The Morgan fingerprint density at radius 3 is 2.03 bits per heavy atom. The molecule has 0 saturated carbocycles. The SMILES string of the molecule is COc1cc2c(Nc3ccc(C)c(O)c3)ncnc2cc1OCc1ccsc1.COc1cc2c(Nc3ccc(Cl)cc3F)ncnc2cc1OCCOc1ccccn1. The van der Waals surface area contributed by atoms with Crippen LogP contribution in [0.4, 0.5) is 27.4 Å². The lowest BCUT2D eigenvalue weighted by atomic mass is 10.2. The lowest BCUT2D eigenvalue weighted by Crippen LogP contribution is -2.10. The number of fused-ring (bicyclic) bond motifs is 2. The predicted octanol–water partition coefficient (Wildman–Crippen LogP) is 10.1. The van der Waals surface area contributed by atoms with E-state index in [-0.39, 0.29) is 18.0 Å². The number of aryl methyl sites for hydroxylation is 1. The number of anilines is 4. The molecule has 0 bridgehead atoms. The molecule has 0 saturated heterocycles. The van der Waals surface area contributed by atoms with E-state index in [1.165, 1.54) is 25.8 Å². The molecule has 59 heavy (non-hydrogen) atoms. The zero-order chi connectivity index (χ0) is 41.1. The topological polar surface area (TPSA) is 155 Å². The summed E-state index contributed by atoms with van der Waals surface area (Å²) in [5.41, 5.74) is 4.24. The lowest BCUT2D eigenvalue weighted by molar-refractivity contribution is 0.207. The molecule has 4 aromatic heterocycles. The second-order valence-corrected chi connectivity index (χ2v) is 13.9. The summed E-state index contributed by atoms with van der Waals surface area (Å²) in [5, 5.41) is 22.0. The molecule has 0 amide bonds. The number of thiophene rings is 1. The van der Waals surface area contributed by atoms with Crippen LogP contribution in [0.3, 0.4) is 0 Å². The van der Waals surface area contributed by atoms with Gasteiger partial charge in [-0.05, 0) is 77.3 Å². The van der Waals surface area contributed by atoms with Gasteiger partial charge >= 0.3 is 0 Å². The van der Waals surface area contributed by atoms with Gasteiger partial charge in [0, 0.05) is 51.9 Å². The van der Waals surface area contributed by atoms with Gasteiger partial charge in [-0.25, -0.2) is 29.3 Å². The molecule has 0 spiro atoms. The number of hydrogen-bond acceptors (Lipinski definition) is 14. The summed E-state index contributed by atoms with van der Waals surface area (Å²) in [4.78, 5) is 21.3. The number of aromatic nitrogens is 5. The predicted molar refractivity (Wildman–Crippen MR) is 227 cm³/mol. The van der Waals surface area contributed by atoms with E-state index in [0.29, 0.717) is 69.7 Å². The van der Waals surface area contributed by atoms with E-state index < -0.39 is 5.82 Å². The Morgan fingerprint density at radius 1 is 0.712 bits per heavy atom. The Bertz CT molecular complexity index is 2680. The zero-order valence-electron chi connectivity index (χ0n) is 32.0. The van der Waals surface area contributed by atoms with Crippen molar-refractivity contribution in [2.24, 2.45) is 0 Å². The molecule has 3 N–H and O–H groups in total. The van der Waals surface area contributed by atoms with E-state index in [1.54, 1.807) is 61.0 Å². The van der Waals surface area contributed by atoms with Crippen molar-refractivity contribution in [3.63, 3.8) is 0 Å². The fraction of sp³-hybridized carbons (Fsp3) is 0.140. The van der Waals surface area contributed by atoms with Crippen LogP contribution in [-0.2, 0) is 6.61 Å². The van der Waals surface area contributed by atoms with E-state index in [1.807, 2.05) is 54.8 Å². The van der Waals surface area contributed by atoms with Gasteiger partial charge in [0.05, 0.1) is 30.9 Å². The van der Waals surface area contributed by atoms with Gasteiger partial charge in [-0.1, -0.05) is 23.7 Å². The molecule has 0 aliphatic heterocycles. The van der Waals surface area contributed by atoms with Crippen LogP contribution in [0, 0.1) is 12.7 Å². The van der Waals surface area contributed by atoms with Crippen molar-refractivity contribution >= 4 is 67.8 Å². The maximum atomic E-state index is 14.2. The summed E-state index contributed by atoms with van der Waals surface area (Å²) >= 11 is 7.46. The van der Waals surface area contributed by atoms with Crippen molar-refractivity contribution in [3.8, 4) is 34.6 Å². The summed E-state index contributed by atoms with van der Waals surface area (Å²) in [6, 6.07) is 24.4. The molecule has 8 rings (SSSR count). The number of ether oxygens (including phenoxy) is 5. The summed E-state index contributed by atoms with van der Waals surface area (Å²) < 4.78 is 42.5. The van der Waals surface area contributed by atoms with E-state index in [0.717, 1.165) is 27.7 Å². The normalized spacial score (nSPS) is 10.7. The molecule has 0 atom stereocenters. The van der Waals surface area contributed by atoms with Crippen LogP contribution < -0.4 is 34.3 Å². The van der Waals surface area contributed by atoms with Crippen LogP contribution in [0.15, 0.2) is 115 Å². The maximum absolute atomic E-state index is 14.2. The van der Waals surface area contributed by atoms with E-state index in [2.05, 4.69) is 40.9 Å². The fourth-order valence-corrected chi connectivity index (χ4v) is 6.49. The second kappa shape index (κ2) is 19.0. The number of benzene rings is 4. The smallest absolute Gasteiger partial charge is 0.213 e. The molecule has 0 unspecified atom stereocenters. The minimum Gasteiger partial charge on any atom is -0.508 e. The largest absolute Gasteiger partial charge is 0.508 e. The highest BCUT2D eigenvalue weighted by Crippen LogP contribution is 2.37. The maximum Gasteiger partial charge on any atom is 0.213 e. The fourth-order valence-electron chi connectivity index (χ4n) is 5.68. The van der Waals surface area contributed by atoms with Crippen LogP contribution in [0.1, 0.15) is 11.1 Å². The van der Waals surface area contributed by atoms with E-state index in [4.69, 9.17) is 35.3 Å².